The number of anilines is 2. The van der Waals surface area contributed by atoms with Gasteiger partial charge in [0, 0.05) is 57.2 Å². The van der Waals surface area contributed by atoms with Crippen LogP contribution in [0.2, 0.25) is 0 Å². The molecule has 7 nitrogen and oxygen atoms in total. The molecule has 0 bridgehead atoms. The molecule has 1 heterocycles. The SMILES string of the molecule is COc1ccc(N2CCN(C(=O)CNc3cccc(C(=O)N(C)C)c3)CC2)cc1. The number of ether oxygens (including phenoxy) is 1. The molecule has 1 N–H and O–H groups in total. The van der Waals surface area contributed by atoms with Crippen molar-refractivity contribution >= 4 is 23.2 Å². The average Bonchev–Trinajstić information content (AvgIpc) is 2.77. The second-order valence-corrected chi connectivity index (χ2v) is 7.20. The van der Waals surface area contributed by atoms with Crippen LogP contribution in [-0.4, -0.2) is 75.5 Å². The van der Waals surface area contributed by atoms with Crippen molar-refractivity contribution < 1.29 is 14.3 Å². The number of methoxy groups -OCH3 is 1. The first-order chi connectivity index (χ1) is 14.0. The van der Waals surface area contributed by atoms with Gasteiger partial charge in [-0.25, -0.2) is 0 Å². The topological polar surface area (TPSA) is 65.1 Å². The van der Waals surface area contributed by atoms with E-state index in [0.717, 1.165) is 30.2 Å². The van der Waals surface area contributed by atoms with Crippen LogP contribution in [0, 0.1) is 0 Å². The predicted molar refractivity (Wildman–Crippen MR) is 115 cm³/mol. The van der Waals surface area contributed by atoms with E-state index in [1.807, 2.05) is 41.3 Å². The Labute approximate surface area is 171 Å². The predicted octanol–water partition coefficient (Wildman–Crippen LogP) is 2.16. The van der Waals surface area contributed by atoms with E-state index in [1.54, 1.807) is 33.3 Å². The van der Waals surface area contributed by atoms with E-state index >= 15 is 0 Å². The van der Waals surface area contributed by atoms with Gasteiger partial charge in [0.15, 0.2) is 0 Å². The third kappa shape index (κ3) is 5.19. The highest BCUT2D eigenvalue weighted by atomic mass is 16.5. The summed E-state index contributed by atoms with van der Waals surface area (Å²) < 4.78 is 5.20. The number of nitrogens with zero attached hydrogens (tertiary/aromatic N) is 3. The van der Waals surface area contributed by atoms with Crippen molar-refractivity contribution in [2.45, 2.75) is 0 Å². The van der Waals surface area contributed by atoms with E-state index in [4.69, 9.17) is 4.74 Å². The van der Waals surface area contributed by atoms with Gasteiger partial charge in [-0.05, 0) is 42.5 Å². The minimum absolute atomic E-state index is 0.0590. The number of hydrogen-bond acceptors (Lipinski definition) is 5. The Morgan fingerprint density at radius 2 is 1.72 bits per heavy atom. The molecule has 1 aliphatic rings. The zero-order chi connectivity index (χ0) is 20.8. The van der Waals surface area contributed by atoms with Gasteiger partial charge in [-0.2, -0.15) is 0 Å². The molecular formula is C22H28N4O3. The fourth-order valence-electron chi connectivity index (χ4n) is 3.32. The molecule has 0 aromatic heterocycles. The first kappa shape index (κ1) is 20.5. The Hall–Kier alpha value is -3.22. The maximum atomic E-state index is 12.6. The number of hydrogen-bond donors (Lipinski definition) is 1. The Morgan fingerprint density at radius 3 is 2.34 bits per heavy atom. The quantitative estimate of drug-likeness (QED) is 0.811. The van der Waals surface area contributed by atoms with Crippen molar-refractivity contribution in [1.29, 1.82) is 0 Å². The fraction of sp³-hybridized carbons (Fsp3) is 0.364. The maximum absolute atomic E-state index is 12.6. The van der Waals surface area contributed by atoms with Crippen molar-refractivity contribution in [3.05, 3.63) is 54.1 Å². The van der Waals surface area contributed by atoms with Crippen molar-refractivity contribution in [3.63, 3.8) is 0 Å². The van der Waals surface area contributed by atoms with E-state index in [-0.39, 0.29) is 18.4 Å². The van der Waals surface area contributed by atoms with Crippen molar-refractivity contribution in [1.82, 2.24) is 9.80 Å². The summed E-state index contributed by atoms with van der Waals surface area (Å²) in [5.74, 6) is 0.836. The molecule has 7 heteroatoms. The van der Waals surface area contributed by atoms with E-state index in [1.165, 1.54) is 4.90 Å². The summed E-state index contributed by atoms with van der Waals surface area (Å²) in [5.41, 5.74) is 2.50. The maximum Gasteiger partial charge on any atom is 0.253 e. The van der Waals surface area contributed by atoms with Crippen molar-refractivity contribution in [2.75, 3.05) is 64.1 Å². The van der Waals surface area contributed by atoms with Crippen LogP contribution in [-0.2, 0) is 4.79 Å². The summed E-state index contributed by atoms with van der Waals surface area (Å²) in [5, 5.41) is 3.14. The molecule has 2 aromatic carbocycles. The molecule has 0 saturated carbocycles. The smallest absolute Gasteiger partial charge is 0.253 e. The van der Waals surface area contributed by atoms with Crippen LogP contribution in [0.3, 0.4) is 0 Å². The highest BCUT2D eigenvalue weighted by molar-refractivity contribution is 5.95. The number of nitrogens with one attached hydrogen (secondary N) is 1. The van der Waals surface area contributed by atoms with Gasteiger partial charge >= 0.3 is 0 Å². The van der Waals surface area contributed by atoms with Crippen LogP contribution < -0.4 is 15.0 Å². The molecule has 1 fully saturated rings. The van der Waals surface area contributed by atoms with Gasteiger partial charge in [0.05, 0.1) is 13.7 Å². The molecule has 3 rings (SSSR count). The van der Waals surface area contributed by atoms with Crippen LogP contribution in [0.5, 0.6) is 5.75 Å². The van der Waals surface area contributed by atoms with Crippen molar-refractivity contribution in [3.8, 4) is 5.75 Å². The minimum Gasteiger partial charge on any atom is -0.497 e. The van der Waals surface area contributed by atoms with Crippen LogP contribution in [0.4, 0.5) is 11.4 Å². The summed E-state index contributed by atoms with van der Waals surface area (Å²) >= 11 is 0. The first-order valence-corrected chi connectivity index (χ1v) is 9.70. The van der Waals surface area contributed by atoms with Gasteiger partial charge in [0.1, 0.15) is 5.75 Å². The molecule has 0 spiro atoms. The zero-order valence-electron chi connectivity index (χ0n) is 17.2. The van der Waals surface area contributed by atoms with E-state index in [2.05, 4.69) is 10.2 Å². The van der Waals surface area contributed by atoms with Gasteiger partial charge in [0.2, 0.25) is 5.91 Å². The molecule has 2 aromatic rings. The standard InChI is InChI=1S/C22H28N4O3/c1-24(2)22(28)17-5-4-6-18(15-17)23-16-21(27)26-13-11-25(12-14-26)19-7-9-20(29-3)10-8-19/h4-10,15,23H,11-14,16H2,1-3H3. The number of piperazine rings is 1. The molecule has 0 aliphatic carbocycles. The fourth-order valence-corrected chi connectivity index (χ4v) is 3.32. The molecule has 0 unspecified atom stereocenters. The van der Waals surface area contributed by atoms with E-state index in [9.17, 15) is 9.59 Å². The third-order valence-corrected chi connectivity index (χ3v) is 5.03. The van der Waals surface area contributed by atoms with Gasteiger partial charge in [-0.3, -0.25) is 9.59 Å². The molecular weight excluding hydrogens is 368 g/mol. The summed E-state index contributed by atoms with van der Waals surface area (Å²) in [6.07, 6.45) is 0. The molecule has 1 saturated heterocycles. The lowest BCUT2D eigenvalue weighted by Gasteiger charge is -2.36. The number of rotatable bonds is 6. The summed E-state index contributed by atoms with van der Waals surface area (Å²) in [7, 11) is 5.10. The molecule has 1 aliphatic heterocycles. The highest BCUT2D eigenvalue weighted by Crippen LogP contribution is 2.20. The second kappa shape index (κ2) is 9.32. The lowest BCUT2D eigenvalue weighted by atomic mass is 10.2. The summed E-state index contributed by atoms with van der Waals surface area (Å²) in [6, 6.07) is 15.2. The van der Waals surface area contributed by atoms with Gasteiger partial charge in [-0.1, -0.05) is 6.07 Å². The summed E-state index contributed by atoms with van der Waals surface area (Å²) in [6.45, 7) is 3.18. The van der Waals surface area contributed by atoms with Crippen LogP contribution in [0.1, 0.15) is 10.4 Å². The van der Waals surface area contributed by atoms with E-state index < -0.39 is 0 Å². The zero-order valence-corrected chi connectivity index (χ0v) is 17.2. The minimum atomic E-state index is -0.0605. The Balaban J connectivity index is 1.50. The summed E-state index contributed by atoms with van der Waals surface area (Å²) in [4.78, 5) is 30.3. The Bertz CT molecular complexity index is 843. The first-order valence-electron chi connectivity index (χ1n) is 9.70. The van der Waals surface area contributed by atoms with Crippen LogP contribution in [0.25, 0.3) is 0 Å². The van der Waals surface area contributed by atoms with Crippen LogP contribution >= 0.6 is 0 Å². The van der Waals surface area contributed by atoms with Gasteiger partial charge in [0.25, 0.3) is 5.91 Å². The lowest BCUT2D eigenvalue weighted by Crippen LogP contribution is -2.50. The van der Waals surface area contributed by atoms with Crippen LogP contribution in [0.15, 0.2) is 48.5 Å². The molecule has 154 valence electrons. The van der Waals surface area contributed by atoms with E-state index in [0.29, 0.717) is 18.7 Å². The molecule has 29 heavy (non-hydrogen) atoms. The largest absolute Gasteiger partial charge is 0.497 e. The normalized spacial score (nSPS) is 13.8. The molecule has 0 radical (unpaired) electrons. The number of carbonyl (C=O) groups excluding carboxylic acids is 2. The Morgan fingerprint density at radius 1 is 1.03 bits per heavy atom. The third-order valence-electron chi connectivity index (χ3n) is 5.03. The molecule has 0 atom stereocenters. The van der Waals surface area contributed by atoms with Gasteiger partial charge in [-0.15, -0.1) is 0 Å². The van der Waals surface area contributed by atoms with Crippen molar-refractivity contribution in [2.24, 2.45) is 0 Å². The number of amides is 2. The average molecular weight is 396 g/mol. The van der Waals surface area contributed by atoms with Gasteiger partial charge < -0.3 is 24.8 Å². The highest BCUT2D eigenvalue weighted by Gasteiger charge is 2.21. The number of carbonyl (C=O) groups is 2. The number of benzene rings is 2. The monoisotopic (exact) mass is 396 g/mol. The Kier molecular flexibility index (Phi) is 6.59. The molecule has 2 amide bonds. The second-order valence-electron chi connectivity index (χ2n) is 7.20. The lowest BCUT2D eigenvalue weighted by molar-refractivity contribution is -0.129.